The van der Waals surface area contributed by atoms with Gasteiger partial charge in [0, 0.05) is 38.0 Å². The Bertz CT molecular complexity index is 663. The van der Waals surface area contributed by atoms with Crippen molar-refractivity contribution >= 4 is 28.2 Å². The summed E-state index contributed by atoms with van der Waals surface area (Å²) in [5.74, 6) is 0.773. The summed E-state index contributed by atoms with van der Waals surface area (Å²) in [7, 11) is 0. The summed E-state index contributed by atoms with van der Waals surface area (Å²) < 4.78 is 0. The highest BCUT2D eigenvalue weighted by Crippen LogP contribution is 2.21. The molecule has 2 aromatic rings. The third-order valence-electron chi connectivity index (χ3n) is 3.72. The summed E-state index contributed by atoms with van der Waals surface area (Å²) in [6.45, 7) is 6.95. The van der Waals surface area contributed by atoms with E-state index in [1.165, 1.54) is 0 Å². The molecule has 8 heteroatoms. The molecule has 3 rings (SSSR count). The first-order valence-electron chi connectivity index (χ1n) is 7.69. The molecule has 0 bridgehead atoms. The number of aryl methyl sites for hydroxylation is 2. The zero-order chi connectivity index (χ0) is 16.2. The van der Waals surface area contributed by atoms with Crippen molar-refractivity contribution < 1.29 is 4.79 Å². The van der Waals surface area contributed by atoms with E-state index in [1.54, 1.807) is 23.7 Å². The highest BCUT2D eigenvalue weighted by atomic mass is 32.1. The maximum atomic E-state index is 12.3. The summed E-state index contributed by atoms with van der Waals surface area (Å²) >= 11 is 1.65. The van der Waals surface area contributed by atoms with Crippen LogP contribution >= 0.6 is 11.3 Å². The summed E-state index contributed by atoms with van der Waals surface area (Å²) in [4.78, 5) is 29.2. The standard InChI is InChI=1S/C15H20N6OS/c1-3-13-16-8-12(9-17-13)19-14(22)20-4-6-21(7-5-20)15-18-11(2)10-23-15/h8-10H,3-7H2,1-2H3,(H,19,22). The van der Waals surface area contributed by atoms with Gasteiger partial charge in [-0.25, -0.2) is 19.7 Å². The SMILES string of the molecule is CCc1ncc(NC(=O)N2CCN(c3nc(C)cs3)CC2)cn1. The average Bonchev–Trinajstić information content (AvgIpc) is 3.02. The van der Waals surface area contributed by atoms with E-state index in [4.69, 9.17) is 0 Å². The van der Waals surface area contributed by atoms with Gasteiger partial charge in [0.2, 0.25) is 0 Å². The van der Waals surface area contributed by atoms with Gasteiger partial charge >= 0.3 is 6.03 Å². The Labute approximate surface area is 139 Å². The fourth-order valence-corrected chi connectivity index (χ4v) is 3.25. The van der Waals surface area contributed by atoms with Crippen molar-refractivity contribution in [3.8, 4) is 0 Å². The molecule has 1 fully saturated rings. The Morgan fingerprint density at radius 3 is 2.52 bits per heavy atom. The van der Waals surface area contributed by atoms with E-state index in [-0.39, 0.29) is 6.03 Å². The molecule has 0 atom stereocenters. The van der Waals surface area contributed by atoms with Crippen LogP contribution in [-0.4, -0.2) is 52.1 Å². The molecule has 0 radical (unpaired) electrons. The van der Waals surface area contributed by atoms with Gasteiger partial charge in [-0.3, -0.25) is 0 Å². The number of anilines is 2. The molecule has 1 aliphatic heterocycles. The number of hydrogen-bond donors (Lipinski definition) is 1. The van der Waals surface area contributed by atoms with Crippen molar-refractivity contribution in [2.75, 3.05) is 36.4 Å². The summed E-state index contributed by atoms with van der Waals surface area (Å²) in [6, 6.07) is -0.104. The number of thiazole rings is 1. The van der Waals surface area contributed by atoms with Gasteiger partial charge in [-0.1, -0.05) is 6.92 Å². The Kier molecular flexibility index (Phi) is 4.71. The second-order valence-corrected chi connectivity index (χ2v) is 6.25. The number of urea groups is 1. The molecule has 7 nitrogen and oxygen atoms in total. The van der Waals surface area contributed by atoms with Gasteiger partial charge in [-0.05, 0) is 6.92 Å². The molecule has 1 saturated heterocycles. The van der Waals surface area contributed by atoms with Gasteiger partial charge in [-0.2, -0.15) is 0 Å². The fourth-order valence-electron chi connectivity index (χ4n) is 2.39. The number of amides is 2. The summed E-state index contributed by atoms with van der Waals surface area (Å²) in [5, 5.41) is 5.94. The molecule has 2 aromatic heterocycles. The Morgan fingerprint density at radius 1 is 1.26 bits per heavy atom. The number of aromatic nitrogens is 3. The monoisotopic (exact) mass is 332 g/mol. The minimum absolute atomic E-state index is 0.104. The predicted octanol–water partition coefficient (Wildman–Crippen LogP) is 2.16. The van der Waals surface area contributed by atoms with Crippen LogP contribution in [0.15, 0.2) is 17.8 Å². The van der Waals surface area contributed by atoms with Crippen LogP contribution in [0.5, 0.6) is 0 Å². The smallest absolute Gasteiger partial charge is 0.322 e. The van der Waals surface area contributed by atoms with Crippen molar-refractivity contribution in [2.24, 2.45) is 0 Å². The Hall–Kier alpha value is -2.22. The maximum absolute atomic E-state index is 12.3. The quantitative estimate of drug-likeness (QED) is 0.932. The molecule has 0 aromatic carbocycles. The highest BCUT2D eigenvalue weighted by molar-refractivity contribution is 7.13. The first-order valence-corrected chi connectivity index (χ1v) is 8.57. The molecule has 1 aliphatic rings. The molecule has 0 aliphatic carbocycles. The molecule has 0 spiro atoms. The van der Waals surface area contributed by atoms with Gasteiger partial charge in [0.15, 0.2) is 5.13 Å². The molecular formula is C15H20N6OS. The third kappa shape index (κ3) is 3.76. The van der Waals surface area contributed by atoms with Crippen LogP contribution in [0.3, 0.4) is 0 Å². The Morgan fingerprint density at radius 2 is 1.96 bits per heavy atom. The van der Waals surface area contributed by atoms with E-state index in [2.05, 4.69) is 25.2 Å². The van der Waals surface area contributed by atoms with Crippen molar-refractivity contribution in [3.05, 3.63) is 29.3 Å². The zero-order valence-electron chi connectivity index (χ0n) is 13.3. The lowest BCUT2D eigenvalue weighted by Gasteiger charge is -2.34. The van der Waals surface area contributed by atoms with Crippen LogP contribution in [0.25, 0.3) is 0 Å². The van der Waals surface area contributed by atoms with E-state index in [1.807, 2.05) is 24.1 Å². The number of nitrogens with zero attached hydrogens (tertiary/aromatic N) is 5. The first-order chi connectivity index (χ1) is 11.2. The van der Waals surface area contributed by atoms with E-state index in [9.17, 15) is 4.79 Å². The lowest BCUT2D eigenvalue weighted by molar-refractivity contribution is 0.208. The van der Waals surface area contributed by atoms with Crippen molar-refractivity contribution in [2.45, 2.75) is 20.3 Å². The first kappa shape index (κ1) is 15.7. The van der Waals surface area contributed by atoms with Crippen LogP contribution in [-0.2, 0) is 6.42 Å². The summed E-state index contributed by atoms with van der Waals surface area (Å²) in [5.41, 5.74) is 1.67. The third-order valence-corrected chi connectivity index (χ3v) is 4.74. The molecule has 3 heterocycles. The molecular weight excluding hydrogens is 312 g/mol. The minimum atomic E-state index is -0.104. The number of nitrogens with one attached hydrogen (secondary N) is 1. The van der Waals surface area contributed by atoms with Crippen LogP contribution in [0.4, 0.5) is 15.6 Å². The number of carbonyl (C=O) groups is 1. The number of rotatable bonds is 3. The van der Waals surface area contributed by atoms with E-state index in [0.717, 1.165) is 36.2 Å². The second-order valence-electron chi connectivity index (χ2n) is 5.42. The van der Waals surface area contributed by atoms with Gasteiger partial charge in [0.1, 0.15) is 5.82 Å². The van der Waals surface area contributed by atoms with E-state index in [0.29, 0.717) is 18.8 Å². The van der Waals surface area contributed by atoms with Crippen molar-refractivity contribution in [3.63, 3.8) is 0 Å². The Balaban J connectivity index is 1.53. The van der Waals surface area contributed by atoms with Crippen molar-refractivity contribution in [1.29, 1.82) is 0 Å². The second kappa shape index (κ2) is 6.91. The van der Waals surface area contributed by atoms with Gasteiger partial charge in [0.25, 0.3) is 0 Å². The normalized spacial score (nSPS) is 14.9. The zero-order valence-corrected chi connectivity index (χ0v) is 14.1. The lowest BCUT2D eigenvalue weighted by atomic mass is 10.3. The van der Waals surface area contributed by atoms with Crippen LogP contribution < -0.4 is 10.2 Å². The van der Waals surface area contributed by atoms with Crippen LogP contribution in [0.2, 0.25) is 0 Å². The summed E-state index contributed by atoms with van der Waals surface area (Å²) in [6.07, 6.45) is 4.09. The number of piperazine rings is 1. The average molecular weight is 332 g/mol. The van der Waals surface area contributed by atoms with Gasteiger partial charge < -0.3 is 15.1 Å². The van der Waals surface area contributed by atoms with Gasteiger partial charge in [0.05, 0.1) is 23.8 Å². The molecule has 0 saturated carbocycles. The molecule has 2 amide bonds. The molecule has 122 valence electrons. The van der Waals surface area contributed by atoms with Crippen molar-refractivity contribution in [1.82, 2.24) is 19.9 Å². The topological polar surface area (TPSA) is 74.2 Å². The molecule has 0 unspecified atom stereocenters. The van der Waals surface area contributed by atoms with E-state index < -0.39 is 0 Å². The highest BCUT2D eigenvalue weighted by Gasteiger charge is 2.22. The van der Waals surface area contributed by atoms with Crippen LogP contribution in [0, 0.1) is 6.92 Å². The lowest BCUT2D eigenvalue weighted by Crippen LogP contribution is -2.50. The van der Waals surface area contributed by atoms with Crippen LogP contribution in [0.1, 0.15) is 18.4 Å². The number of carbonyl (C=O) groups excluding carboxylic acids is 1. The molecule has 23 heavy (non-hydrogen) atoms. The predicted molar refractivity (Wildman–Crippen MR) is 91.1 cm³/mol. The minimum Gasteiger partial charge on any atom is -0.345 e. The largest absolute Gasteiger partial charge is 0.345 e. The maximum Gasteiger partial charge on any atom is 0.322 e. The van der Waals surface area contributed by atoms with E-state index >= 15 is 0 Å². The fraction of sp³-hybridized carbons (Fsp3) is 0.467. The number of hydrogen-bond acceptors (Lipinski definition) is 6. The molecule has 1 N–H and O–H groups in total. The van der Waals surface area contributed by atoms with Gasteiger partial charge in [-0.15, -0.1) is 11.3 Å².